The van der Waals surface area contributed by atoms with E-state index in [1.165, 1.54) is 4.90 Å². The van der Waals surface area contributed by atoms with Crippen LogP contribution in [0.25, 0.3) is 0 Å². The van der Waals surface area contributed by atoms with Gasteiger partial charge >= 0.3 is 5.97 Å². The summed E-state index contributed by atoms with van der Waals surface area (Å²) in [6.45, 7) is 0.172. The molecule has 4 aliphatic rings. The number of carbonyl (C=O) groups excluding carboxylic acids is 2. The normalized spacial score (nSPS) is 33.4. The first-order chi connectivity index (χ1) is 15.4. The second kappa shape index (κ2) is 7.92. The number of rotatable bonds is 6. The Hall–Kier alpha value is -2.87. The zero-order chi connectivity index (χ0) is 22.5. The van der Waals surface area contributed by atoms with Gasteiger partial charge in [0.1, 0.15) is 23.3 Å². The fourth-order valence-corrected chi connectivity index (χ4v) is 5.91. The number of ether oxygens (including phenoxy) is 2. The highest BCUT2D eigenvalue weighted by Crippen LogP contribution is 2.55. The number of nitrogens with zero attached hydrogens (tertiary/aromatic N) is 1. The Morgan fingerprint density at radius 3 is 2.78 bits per heavy atom. The molecular weight excluding hydrogens is 412 g/mol. The lowest BCUT2D eigenvalue weighted by atomic mass is 9.74. The molecule has 2 saturated heterocycles. The first-order valence-corrected chi connectivity index (χ1v) is 11.3. The molecule has 1 aromatic rings. The Kier molecular flexibility index (Phi) is 5.20. The molecule has 8 nitrogen and oxygen atoms in total. The van der Waals surface area contributed by atoms with Crippen molar-refractivity contribution in [3.63, 3.8) is 0 Å². The molecule has 0 radical (unpaired) electrons. The van der Waals surface area contributed by atoms with Gasteiger partial charge in [-0.05, 0) is 30.5 Å². The number of methoxy groups -OCH3 is 1. The molecule has 3 aliphatic heterocycles. The maximum Gasteiger partial charge on any atom is 0.310 e. The predicted octanol–water partition coefficient (Wildman–Crippen LogP) is 1.88. The van der Waals surface area contributed by atoms with Gasteiger partial charge in [-0.25, -0.2) is 0 Å². The van der Waals surface area contributed by atoms with Crippen molar-refractivity contribution in [2.24, 2.45) is 11.8 Å². The molecule has 170 valence electrons. The van der Waals surface area contributed by atoms with E-state index in [1.54, 1.807) is 19.3 Å². The summed E-state index contributed by atoms with van der Waals surface area (Å²) >= 11 is 0. The van der Waals surface area contributed by atoms with E-state index in [1.807, 2.05) is 24.3 Å². The smallest absolute Gasteiger partial charge is 0.310 e. The number of fused-ring (bicyclic) bond motifs is 1. The maximum atomic E-state index is 13.6. The molecule has 1 aromatic carbocycles. The number of likely N-dealkylation sites (tertiary alicyclic amines) is 1. The highest BCUT2D eigenvalue weighted by molar-refractivity contribution is 5.99. The number of benzene rings is 1. The summed E-state index contributed by atoms with van der Waals surface area (Å²) in [6.07, 6.45) is 7.87. The lowest BCUT2D eigenvalue weighted by Gasteiger charge is -2.34. The number of carbonyl (C=O) groups is 3. The van der Waals surface area contributed by atoms with Crippen LogP contribution in [0.5, 0.6) is 5.75 Å². The number of amides is 2. The number of hydrogen-bond donors (Lipinski definition) is 2. The van der Waals surface area contributed by atoms with Crippen molar-refractivity contribution in [2.45, 2.75) is 62.4 Å². The van der Waals surface area contributed by atoms with E-state index in [-0.39, 0.29) is 24.4 Å². The quantitative estimate of drug-likeness (QED) is 0.655. The molecule has 5 rings (SSSR count). The molecule has 1 aliphatic carbocycles. The summed E-state index contributed by atoms with van der Waals surface area (Å²) in [5.41, 5.74) is -0.447. The van der Waals surface area contributed by atoms with E-state index in [0.717, 1.165) is 37.7 Å². The lowest BCUT2D eigenvalue weighted by Crippen LogP contribution is -2.56. The minimum Gasteiger partial charge on any atom is -0.497 e. The summed E-state index contributed by atoms with van der Waals surface area (Å²) in [5, 5.41) is 13.0. The predicted molar refractivity (Wildman–Crippen MR) is 114 cm³/mol. The summed E-state index contributed by atoms with van der Waals surface area (Å²) in [6, 6.07) is 6.46. The third kappa shape index (κ3) is 3.20. The zero-order valence-corrected chi connectivity index (χ0v) is 18.0. The summed E-state index contributed by atoms with van der Waals surface area (Å²) in [5.74, 6) is -2.95. The van der Waals surface area contributed by atoms with Gasteiger partial charge in [0.2, 0.25) is 11.8 Å². The highest BCUT2D eigenvalue weighted by Gasteiger charge is 2.73. The average Bonchev–Trinajstić information content (AvgIpc) is 3.42. The monoisotopic (exact) mass is 440 g/mol. The Balaban J connectivity index is 1.50. The second-order valence-corrected chi connectivity index (χ2v) is 9.20. The van der Waals surface area contributed by atoms with Crippen molar-refractivity contribution in [2.75, 3.05) is 7.11 Å². The number of hydrogen-bond acceptors (Lipinski definition) is 5. The zero-order valence-electron chi connectivity index (χ0n) is 18.0. The first-order valence-electron chi connectivity index (χ1n) is 11.3. The topological polar surface area (TPSA) is 105 Å². The average molecular weight is 440 g/mol. The van der Waals surface area contributed by atoms with Gasteiger partial charge in [0.05, 0.1) is 19.1 Å². The molecule has 5 unspecified atom stereocenters. The molecule has 2 N–H and O–H groups in total. The Morgan fingerprint density at radius 2 is 2.06 bits per heavy atom. The van der Waals surface area contributed by atoms with Crippen LogP contribution in [-0.4, -0.2) is 58.7 Å². The number of nitrogens with one attached hydrogen (secondary N) is 1. The second-order valence-electron chi connectivity index (χ2n) is 9.20. The van der Waals surface area contributed by atoms with Gasteiger partial charge in [-0.2, -0.15) is 0 Å². The van der Waals surface area contributed by atoms with Gasteiger partial charge < -0.3 is 24.8 Å². The van der Waals surface area contributed by atoms with Crippen LogP contribution >= 0.6 is 0 Å². The van der Waals surface area contributed by atoms with Crippen LogP contribution in [0.1, 0.15) is 37.7 Å². The van der Waals surface area contributed by atoms with E-state index < -0.39 is 35.6 Å². The van der Waals surface area contributed by atoms with Crippen LogP contribution in [0.2, 0.25) is 0 Å². The van der Waals surface area contributed by atoms with Crippen LogP contribution in [0, 0.1) is 11.8 Å². The molecule has 5 atom stereocenters. The fourth-order valence-electron chi connectivity index (χ4n) is 5.91. The van der Waals surface area contributed by atoms with E-state index in [4.69, 9.17) is 9.47 Å². The number of carboxylic acids is 1. The van der Waals surface area contributed by atoms with Gasteiger partial charge in [0, 0.05) is 12.6 Å². The molecule has 3 heterocycles. The van der Waals surface area contributed by atoms with E-state index in [9.17, 15) is 19.5 Å². The van der Waals surface area contributed by atoms with Crippen molar-refractivity contribution < 1.29 is 29.0 Å². The third-order valence-corrected chi connectivity index (χ3v) is 7.35. The summed E-state index contributed by atoms with van der Waals surface area (Å²) in [4.78, 5) is 40.7. The van der Waals surface area contributed by atoms with E-state index in [0.29, 0.717) is 5.75 Å². The van der Waals surface area contributed by atoms with Crippen LogP contribution in [-0.2, 0) is 25.7 Å². The Labute approximate surface area is 186 Å². The molecule has 2 amide bonds. The minimum atomic E-state index is -1.25. The highest BCUT2D eigenvalue weighted by atomic mass is 16.5. The van der Waals surface area contributed by atoms with Gasteiger partial charge in [-0.1, -0.05) is 43.5 Å². The van der Waals surface area contributed by atoms with Gasteiger partial charge in [0.25, 0.3) is 0 Å². The molecule has 1 saturated carbocycles. The SMILES string of the molecule is COc1cccc(CN2C(=O)C3C(C(=O)O)C4C=CC3(O4)C2C(=O)NC2CCCCC2)c1. The lowest BCUT2D eigenvalue weighted by molar-refractivity contribution is -0.149. The number of aliphatic carboxylic acids is 1. The standard InChI is InChI=1S/C24H28N2O6/c1-31-16-9-5-6-14(12-16)13-26-20(21(27)25-15-7-3-2-4-8-15)24-11-10-17(32-24)18(23(29)30)19(24)22(26)28/h5-6,9-12,15,17-20H,2-4,7-8,13H2,1H3,(H,25,27)(H,29,30). The van der Waals surface area contributed by atoms with Crippen LogP contribution in [0.4, 0.5) is 0 Å². The molecule has 1 spiro atoms. The van der Waals surface area contributed by atoms with E-state index >= 15 is 0 Å². The first kappa shape index (κ1) is 21.0. The van der Waals surface area contributed by atoms with Crippen LogP contribution in [0.3, 0.4) is 0 Å². The van der Waals surface area contributed by atoms with Gasteiger partial charge in [-0.15, -0.1) is 0 Å². The van der Waals surface area contributed by atoms with Crippen molar-refractivity contribution in [3.8, 4) is 5.75 Å². The summed E-state index contributed by atoms with van der Waals surface area (Å²) in [7, 11) is 1.57. The van der Waals surface area contributed by atoms with Crippen molar-refractivity contribution in [1.82, 2.24) is 10.2 Å². The Bertz CT molecular complexity index is 971. The Morgan fingerprint density at radius 1 is 1.28 bits per heavy atom. The summed E-state index contributed by atoms with van der Waals surface area (Å²) < 4.78 is 11.4. The van der Waals surface area contributed by atoms with Gasteiger partial charge in [-0.3, -0.25) is 14.4 Å². The van der Waals surface area contributed by atoms with Crippen molar-refractivity contribution in [3.05, 3.63) is 42.0 Å². The largest absolute Gasteiger partial charge is 0.497 e. The number of carboxylic acid groups (broad SMARTS) is 1. The van der Waals surface area contributed by atoms with Crippen molar-refractivity contribution in [1.29, 1.82) is 0 Å². The van der Waals surface area contributed by atoms with Gasteiger partial charge in [0.15, 0.2) is 0 Å². The maximum absolute atomic E-state index is 13.6. The molecular formula is C24H28N2O6. The van der Waals surface area contributed by atoms with Crippen molar-refractivity contribution >= 4 is 17.8 Å². The molecule has 3 fully saturated rings. The minimum absolute atomic E-state index is 0.0679. The molecule has 2 bridgehead atoms. The van der Waals surface area contributed by atoms with Crippen LogP contribution in [0.15, 0.2) is 36.4 Å². The molecule has 8 heteroatoms. The molecule has 32 heavy (non-hydrogen) atoms. The fraction of sp³-hybridized carbons (Fsp3) is 0.542. The van der Waals surface area contributed by atoms with Crippen LogP contribution < -0.4 is 10.1 Å². The molecule has 0 aromatic heterocycles. The van der Waals surface area contributed by atoms with E-state index in [2.05, 4.69) is 5.32 Å². The third-order valence-electron chi connectivity index (χ3n) is 7.35.